The molecule has 0 spiro atoms. The monoisotopic (exact) mass is 440 g/mol. The van der Waals surface area contributed by atoms with Crippen molar-refractivity contribution >= 4 is 21.6 Å². The van der Waals surface area contributed by atoms with E-state index in [-0.39, 0.29) is 17.1 Å². The molecule has 0 aromatic heterocycles. The van der Waals surface area contributed by atoms with E-state index in [1.807, 2.05) is 0 Å². The lowest BCUT2D eigenvalue weighted by molar-refractivity contribution is -0.123. The number of methoxy groups -OCH3 is 2. The number of aliphatic hydroxyl groups excluding tert-OH is 1. The summed E-state index contributed by atoms with van der Waals surface area (Å²) in [6, 6.07) is 2.81. The summed E-state index contributed by atoms with van der Waals surface area (Å²) < 4.78 is 56.0. The van der Waals surface area contributed by atoms with E-state index >= 15 is 0 Å². The molecule has 1 aromatic carbocycles. The Morgan fingerprint density at radius 2 is 1.69 bits per heavy atom. The summed E-state index contributed by atoms with van der Waals surface area (Å²) in [6.07, 6.45) is -4.91. The van der Waals surface area contributed by atoms with Gasteiger partial charge in [0.1, 0.15) is 21.7 Å². The van der Waals surface area contributed by atoms with Crippen LogP contribution in [-0.2, 0) is 4.74 Å². The molecule has 1 N–H and O–H groups in total. The van der Waals surface area contributed by atoms with Gasteiger partial charge in [0.15, 0.2) is 0 Å². The molecule has 0 atom stereocenters. The van der Waals surface area contributed by atoms with E-state index < -0.39 is 17.6 Å². The molecular formula is C16H20BrF3N2O4. The maximum atomic E-state index is 13.3. The first-order chi connectivity index (χ1) is 12.2. The smallest absolute Gasteiger partial charge is 0.450 e. The fraction of sp³-hybridized carbons (Fsp3) is 0.500. The van der Waals surface area contributed by atoms with Crippen molar-refractivity contribution in [1.82, 2.24) is 10.0 Å². The van der Waals surface area contributed by atoms with Crippen LogP contribution in [0.4, 0.5) is 13.2 Å². The molecule has 0 unspecified atom stereocenters. The van der Waals surface area contributed by atoms with E-state index in [4.69, 9.17) is 14.2 Å². The minimum atomic E-state index is -4.91. The molecule has 1 aliphatic rings. The predicted octanol–water partition coefficient (Wildman–Crippen LogP) is 3.43. The summed E-state index contributed by atoms with van der Waals surface area (Å²) in [5, 5.41) is 12.9. The fourth-order valence-corrected chi connectivity index (χ4v) is 3.16. The molecule has 6 nitrogen and oxygen atoms in total. The summed E-state index contributed by atoms with van der Waals surface area (Å²) in [4.78, 5) is 0. The topological polar surface area (TPSA) is 54.4 Å². The average Bonchev–Trinajstić information content (AvgIpc) is 2.62. The summed E-state index contributed by atoms with van der Waals surface area (Å²) in [5.41, 5.74) is -0.297. The van der Waals surface area contributed by atoms with Gasteiger partial charge >= 0.3 is 6.18 Å². The number of hydrogen-bond acceptors (Lipinski definition) is 6. The lowest BCUT2D eigenvalue weighted by atomic mass is 10.1. The molecule has 146 valence electrons. The second-order valence-electron chi connectivity index (χ2n) is 5.48. The molecule has 1 heterocycles. The quantitative estimate of drug-likeness (QED) is 0.707. The molecule has 1 saturated heterocycles. The third-order valence-electron chi connectivity index (χ3n) is 3.95. The van der Waals surface area contributed by atoms with Crippen molar-refractivity contribution < 1.29 is 32.5 Å². The van der Waals surface area contributed by atoms with Gasteiger partial charge in [0, 0.05) is 25.7 Å². The van der Waals surface area contributed by atoms with E-state index in [1.165, 1.54) is 38.4 Å². The van der Waals surface area contributed by atoms with Crippen LogP contribution in [0, 0.1) is 0 Å². The number of rotatable bonds is 5. The molecule has 2 rings (SSSR count). The highest BCUT2D eigenvalue weighted by Crippen LogP contribution is 2.40. The van der Waals surface area contributed by atoms with E-state index in [9.17, 15) is 18.3 Å². The third kappa shape index (κ3) is 4.36. The van der Waals surface area contributed by atoms with Gasteiger partial charge in [0.25, 0.3) is 0 Å². The minimum Gasteiger partial charge on any atom is -0.503 e. The van der Waals surface area contributed by atoms with Crippen molar-refractivity contribution in [2.24, 2.45) is 0 Å². The molecule has 10 heteroatoms. The number of hydrazine groups is 1. The Labute approximate surface area is 157 Å². The number of alkyl halides is 3. The first kappa shape index (κ1) is 20.7. The normalized spacial score (nSPS) is 16.9. The minimum absolute atomic E-state index is 0.103. The molecule has 0 radical (unpaired) electrons. The van der Waals surface area contributed by atoms with Crippen molar-refractivity contribution in [3.63, 3.8) is 0 Å². The Bertz CT molecular complexity index is 651. The van der Waals surface area contributed by atoms with Crippen LogP contribution in [0.3, 0.4) is 0 Å². The van der Waals surface area contributed by atoms with Gasteiger partial charge in [-0.15, -0.1) is 0 Å². The molecule has 1 aromatic rings. The molecule has 0 bridgehead atoms. The van der Waals surface area contributed by atoms with Crippen molar-refractivity contribution in [2.75, 3.05) is 47.6 Å². The largest absolute Gasteiger partial charge is 0.503 e. The van der Waals surface area contributed by atoms with Crippen molar-refractivity contribution in [3.05, 3.63) is 27.9 Å². The Balaban J connectivity index is 2.61. The zero-order chi connectivity index (χ0) is 19.5. The lowest BCUT2D eigenvalue weighted by Crippen LogP contribution is -2.46. The first-order valence-corrected chi connectivity index (χ1v) is 8.48. The van der Waals surface area contributed by atoms with Crippen LogP contribution in [0.25, 0.3) is 5.70 Å². The molecule has 1 fully saturated rings. The number of ether oxygens (including phenoxy) is 3. The average molecular weight is 441 g/mol. The van der Waals surface area contributed by atoms with Gasteiger partial charge in [-0.3, -0.25) is 0 Å². The maximum Gasteiger partial charge on any atom is 0.450 e. The number of halogens is 4. The van der Waals surface area contributed by atoms with Gasteiger partial charge in [-0.1, -0.05) is 0 Å². The van der Waals surface area contributed by atoms with Gasteiger partial charge in [-0.2, -0.15) is 13.2 Å². The van der Waals surface area contributed by atoms with Crippen LogP contribution < -0.4 is 9.47 Å². The van der Waals surface area contributed by atoms with Crippen LogP contribution >= 0.6 is 15.9 Å². The fourth-order valence-electron chi connectivity index (χ4n) is 2.61. The Hall–Kier alpha value is -1.65. The number of morpholine rings is 1. The highest BCUT2D eigenvalue weighted by atomic mass is 79.9. The van der Waals surface area contributed by atoms with Crippen molar-refractivity contribution in [2.45, 2.75) is 6.18 Å². The first-order valence-electron chi connectivity index (χ1n) is 7.69. The predicted molar refractivity (Wildman–Crippen MR) is 93.0 cm³/mol. The van der Waals surface area contributed by atoms with Gasteiger partial charge in [0.2, 0.25) is 5.76 Å². The van der Waals surface area contributed by atoms with Crippen LogP contribution in [0.15, 0.2) is 22.4 Å². The van der Waals surface area contributed by atoms with Crippen LogP contribution in [0.1, 0.15) is 5.56 Å². The molecule has 0 aliphatic carbocycles. The van der Waals surface area contributed by atoms with Crippen LogP contribution in [0.5, 0.6) is 11.5 Å². The van der Waals surface area contributed by atoms with Gasteiger partial charge < -0.3 is 24.3 Å². The van der Waals surface area contributed by atoms with E-state index in [0.29, 0.717) is 30.8 Å². The second kappa shape index (κ2) is 8.36. The summed E-state index contributed by atoms with van der Waals surface area (Å²) in [5.74, 6) is -1.14. The number of hydrogen-bond donors (Lipinski definition) is 1. The Kier molecular flexibility index (Phi) is 6.64. The Morgan fingerprint density at radius 3 is 2.12 bits per heavy atom. The van der Waals surface area contributed by atoms with E-state index in [0.717, 1.165) is 0 Å². The van der Waals surface area contributed by atoms with Crippen LogP contribution in [0.2, 0.25) is 0 Å². The number of aliphatic hydroxyl groups is 1. The number of allylic oxidation sites excluding steroid dienone is 1. The number of nitrogens with zero attached hydrogens (tertiary/aromatic N) is 2. The second-order valence-corrected chi connectivity index (χ2v) is 6.27. The highest BCUT2D eigenvalue weighted by Gasteiger charge is 2.39. The summed E-state index contributed by atoms with van der Waals surface area (Å²) in [6.45, 7) is 1.57. The van der Waals surface area contributed by atoms with Gasteiger partial charge in [0.05, 0.1) is 27.4 Å². The molecule has 1 aliphatic heterocycles. The zero-order valence-electron chi connectivity index (χ0n) is 14.6. The summed E-state index contributed by atoms with van der Waals surface area (Å²) >= 11 is 3.28. The standard InChI is InChI=1S/C16H20BrF3N2O4/c1-21(22-4-6-26-7-5-22)14(15(23)16(18,19)20)10-8-11(24-2)13(17)12(9-10)25-3/h8-9,23H,4-7H2,1-3H3/b15-14-. The SMILES string of the molecule is COc1cc(/C(=C(/O)C(F)(F)F)N(C)N2CCOCC2)cc(OC)c1Br. The van der Waals surface area contributed by atoms with Gasteiger partial charge in [-0.05, 0) is 28.1 Å². The van der Waals surface area contributed by atoms with Crippen molar-refractivity contribution in [1.29, 1.82) is 0 Å². The molecule has 0 saturated carbocycles. The third-order valence-corrected chi connectivity index (χ3v) is 4.73. The highest BCUT2D eigenvalue weighted by molar-refractivity contribution is 9.10. The Morgan fingerprint density at radius 1 is 1.19 bits per heavy atom. The molecule has 0 amide bonds. The zero-order valence-corrected chi connectivity index (χ0v) is 16.1. The van der Waals surface area contributed by atoms with Crippen LogP contribution in [-0.4, -0.2) is 68.9 Å². The lowest BCUT2D eigenvalue weighted by Gasteiger charge is -2.38. The summed E-state index contributed by atoms with van der Waals surface area (Å²) in [7, 11) is 4.24. The van der Waals surface area contributed by atoms with Gasteiger partial charge in [-0.25, -0.2) is 5.01 Å². The van der Waals surface area contributed by atoms with Crippen molar-refractivity contribution in [3.8, 4) is 11.5 Å². The maximum absolute atomic E-state index is 13.3. The van der Waals surface area contributed by atoms with E-state index in [1.54, 1.807) is 5.01 Å². The molecule has 26 heavy (non-hydrogen) atoms. The number of benzene rings is 1. The van der Waals surface area contributed by atoms with E-state index in [2.05, 4.69) is 15.9 Å². The molecular weight excluding hydrogens is 421 g/mol.